The van der Waals surface area contributed by atoms with Gasteiger partial charge in [0.05, 0.1) is 0 Å². The van der Waals surface area contributed by atoms with Crippen LogP contribution in [-0.2, 0) is 27.2 Å². The minimum absolute atomic E-state index is 0.115. The van der Waals surface area contributed by atoms with E-state index < -0.39 is 36.4 Å². The fourth-order valence-electron chi connectivity index (χ4n) is 4.39. The predicted octanol–water partition coefficient (Wildman–Crippen LogP) is 4.70. The number of fused-ring (bicyclic) bond motifs is 1. The van der Waals surface area contributed by atoms with Crippen molar-refractivity contribution >= 4 is 29.6 Å². The molecule has 0 atom stereocenters. The van der Waals surface area contributed by atoms with Crippen LogP contribution in [0.15, 0.2) is 48.5 Å². The molecule has 0 spiro atoms. The second-order valence-corrected chi connectivity index (χ2v) is 10.7. The number of aliphatic carboxylic acids is 3. The molecule has 4 N–H and O–H groups in total. The maximum absolute atomic E-state index is 12.7. The van der Waals surface area contributed by atoms with Gasteiger partial charge in [-0.3, -0.25) is 14.5 Å². The van der Waals surface area contributed by atoms with Crippen molar-refractivity contribution in [1.82, 2.24) is 15.1 Å². The molecule has 2 heterocycles. The van der Waals surface area contributed by atoms with Crippen LogP contribution in [0, 0.1) is 0 Å². The first-order chi connectivity index (χ1) is 23.5. The van der Waals surface area contributed by atoms with Gasteiger partial charge in [0.15, 0.2) is 5.78 Å². The van der Waals surface area contributed by atoms with E-state index in [4.69, 9.17) is 29.7 Å². The van der Waals surface area contributed by atoms with E-state index >= 15 is 0 Å². The molecule has 51 heavy (non-hydrogen) atoms. The molecule has 1 amide bonds. The zero-order chi connectivity index (χ0) is 39.0. The van der Waals surface area contributed by atoms with Crippen LogP contribution in [0.3, 0.4) is 0 Å². The molecule has 0 aromatic heterocycles. The Bertz CT molecular complexity index is 1400. The number of hydrogen-bond acceptors (Lipinski definition) is 7. The second-order valence-electron chi connectivity index (χ2n) is 10.7. The van der Waals surface area contributed by atoms with Crippen molar-refractivity contribution in [3.63, 3.8) is 0 Å². The molecule has 1 fully saturated rings. The summed E-state index contributed by atoms with van der Waals surface area (Å²) in [5.74, 6) is -7.91. The Morgan fingerprint density at radius 1 is 0.627 bits per heavy atom. The third kappa shape index (κ3) is 17.2. The zero-order valence-electron chi connectivity index (χ0n) is 26.6. The Hall–Kier alpha value is -4.72. The highest BCUT2D eigenvalue weighted by Crippen LogP contribution is 2.18. The largest absolute Gasteiger partial charge is 0.490 e. The standard InChI is InChI=1S/C25H31N3O2.3C2HF3O2/c29-24(23-9-8-20-10-12-26-13-11-22(20)19-23)7-4-14-27-15-17-28(18-16-27)25(30)21-5-2-1-3-6-21;3*3-2(4,5)1(6)7/h1-3,5-6,8-9,19,26H,4,7,10-18H2;3*(H,6,7). The SMILES string of the molecule is O=C(CCCN1CCN(C(=O)c2ccccc2)CC1)c1ccc2c(c1)CCNCC2.O=C(O)C(F)(F)F.O=C(O)C(F)(F)F.O=C(O)C(F)(F)F. The van der Waals surface area contributed by atoms with Gasteiger partial charge in [-0.05, 0) is 68.2 Å². The number of carbonyl (C=O) groups excluding carboxylic acids is 2. The number of ketones is 1. The summed E-state index contributed by atoms with van der Waals surface area (Å²) in [5, 5.41) is 24.8. The summed E-state index contributed by atoms with van der Waals surface area (Å²) in [6.07, 6.45) is -11.8. The molecule has 1 saturated heterocycles. The van der Waals surface area contributed by atoms with Gasteiger partial charge in [-0.15, -0.1) is 0 Å². The zero-order valence-corrected chi connectivity index (χ0v) is 26.6. The summed E-state index contributed by atoms with van der Waals surface area (Å²) < 4.78 is 95.2. The van der Waals surface area contributed by atoms with Gasteiger partial charge in [-0.25, -0.2) is 14.4 Å². The van der Waals surface area contributed by atoms with E-state index in [1.165, 1.54) is 11.1 Å². The lowest BCUT2D eigenvalue weighted by atomic mass is 9.97. The van der Waals surface area contributed by atoms with Crippen LogP contribution in [0.25, 0.3) is 0 Å². The van der Waals surface area contributed by atoms with Gasteiger partial charge in [0.2, 0.25) is 0 Å². The Morgan fingerprint density at radius 3 is 1.53 bits per heavy atom. The van der Waals surface area contributed by atoms with E-state index in [1.807, 2.05) is 41.3 Å². The van der Waals surface area contributed by atoms with E-state index in [9.17, 15) is 49.1 Å². The molecule has 0 radical (unpaired) electrons. The van der Waals surface area contributed by atoms with Gasteiger partial charge in [0.1, 0.15) is 0 Å². The fraction of sp³-hybridized carbons (Fsp3) is 0.452. The lowest BCUT2D eigenvalue weighted by Gasteiger charge is -2.34. The number of piperazine rings is 1. The topological polar surface area (TPSA) is 165 Å². The van der Waals surface area contributed by atoms with Gasteiger partial charge in [0, 0.05) is 43.7 Å². The van der Waals surface area contributed by atoms with Crippen molar-refractivity contribution in [2.24, 2.45) is 0 Å². The predicted molar refractivity (Wildman–Crippen MR) is 160 cm³/mol. The number of benzene rings is 2. The van der Waals surface area contributed by atoms with Crippen LogP contribution in [0.2, 0.25) is 0 Å². The Morgan fingerprint density at radius 2 is 1.08 bits per heavy atom. The molecule has 2 aromatic rings. The second kappa shape index (κ2) is 20.2. The smallest absolute Gasteiger partial charge is 0.475 e. The monoisotopic (exact) mass is 747 g/mol. The maximum Gasteiger partial charge on any atom is 0.490 e. The summed E-state index contributed by atoms with van der Waals surface area (Å²) in [5.41, 5.74) is 4.31. The molecule has 0 aliphatic carbocycles. The number of nitrogens with zero attached hydrogens (tertiary/aromatic N) is 2. The third-order valence-electron chi connectivity index (χ3n) is 6.96. The highest BCUT2D eigenvalue weighted by atomic mass is 19.4. The van der Waals surface area contributed by atoms with E-state index in [0.29, 0.717) is 6.42 Å². The molecule has 284 valence electrons. The van der Waals surface area contributed by atoms with Crippen LogP contribution < -0.4 is 5.32 Å². The number of amides is 1. The first-order valence-corrected chi connectivity index (χ1v) is 14.9. The average Bonchev–Trinajstić information content (AvgIpc) is 3.30. The third-order valence-corrected chi connectivity index (χ3v) is 6.96. The summed E-state index contributed by atoms with van der Waals surface area (Å²) >= 11 is 0. The highest BCUT2D eigenvalue weighted by molar-refractivity contribution is 5.96. The Labute approximate surface area is 284 Å². The van der Waals surface area contributed by atoms with Crippen molar-refractivity contribution in [1.29, 1.82) is 0 Å². The van der Waals surface area contributed by atoms with Crippen LogP contribution >= 0.6 is 0 Å². The summed E-state index contributed by atoms with van der Waals surface area (Å²) in [4.78, 5) is 56.2. The molecule has 4 rings (SSSR count). The molecule has 20 heteroatoms. The summed E-state index contributed by atoms with van der Waals surface area (Å²) in [6.45, 7) is 6.17. The van der Waals surface area contributed by atoms with Gasteiger partial charge >= 0.3 is 36.4 Å². The van der Waals surface area contributed by atoms with Gasteiger partial charge in [-0.2, -0.15) is 39.5 Å². The van der Waals surface area contributed by atoms with Gasteiger partial charge in [-0.1, -0.05) is 30.3 Å². The molecular formula is C31H34F9N3O8. The quantitative estimate of drug-likeness (QED) is 0.241. The summed E-state index contributed by atoms with van der Waals surface area (Å²) in [6, 6.07) is 15.7. The number of rotatable bonds is 6. The minimum Gasteiger partial charge on any atom is -0.475 e. The van der Waals surface area contributed by atoms with Crippen LogP contribution in [0.5, 0.6) is 0 Å². The Balaban J connectivity index is 0.000000505. The fourth-order valence-corrected chi connectivity index (χ4v) is 4.39. The van der Waals surface area contributed by atoms with E-state index in [2.05, 4.69) is 22.3 Å². The lowest BCUT2D eigenvalue weighted by Crippen LogP contribution is -2.48. The van der Waals surface area contributed by atoms with Crippen LogP contribution in [0.4, 0.5) is 39.5 Å². The average molecular weight is 748 g/mol. The van der Waals surface area contributed by atoms with Crippen molar-refractivity contribution < 1.29 is 78.8 Å². The summed E-state index contributed by atoms with van der Waals surface area (Å²) in [7, 11) is 0. The number of nitrogens with one attached hydrogen (secondary N) is 1. The van der Waals surface area contributed by atoms with E-state index in [1.54, 1.807) is 0 Å². The van der Waals surface area contributed by atoms with E-state index in [-0.39, 0.29) is 11.7 Å². The van der Waals surface area contributed by atoms with E-state index in [0.717, 1.165) is 76.2 Å². The normalized spacial score (nSPS) is 14.8. The van der Waals surface area contributed by atoms with Crippen molar-refractivity contribution in [3.8, 4) is 0 Å². The number of alkyl halides is 9. The molecule has 11 nitrogen and oxygen atoms in total. The molecule has 0 saturated carbocycles. The minimum atomic E-state index is -5.08. The molecule has 2 aromatic carbocycles. The van der Waals surface area contributed by atoms with Crippen molar-refractivity contribution in [3.05, 3.63) is 70.8 Å². The molecule has 0 unspecified atom stereocenters. The maximum atomic E-state index is 12.7. The first-order valence-electron chi connectivity index (χ1n) is 14.9. The molecular weight excluding hydrogens is 713 g/mol. The Kier molecular flexibility index (Phi) is 17.6. The van der Waals surface area contributed by atoms with Crippen LogP contribution in [-0.4, -0.2) is 119 Å². The number of carboxylic acids is 3. The highest BCUT2D eigenvalue weighted by Gasteiger charge is 2.39. The molecule has 0 bridgehead atoms. The number of carboxylic acid groups (broad SMARTS) is 3. The van der Waals surface area contributed by atoms with Gasteiger partial charge < -0.3 is 25.5 Å². The first kappa shape index (κ1) is 44.3. The van der Waals surface area contributed by atoms with Crippen LogP contribution in [0.1, 0.15) is 44.7 Å². The molecule has 2 aliphatic rings. The van der Waals surface area contributed by atoms with Crippen molar-refractivity contribution in [2.45, 2.75) is 44.2 Å². The number of hydrogen-bond donors (Lipinski definition) is 4. The lowest BCUT2D eigenvalue weighted by molar-refractivity contribution is -0.193. The number of carbonyl (C=O) groups is 5. The van der Waals surface area contributed by atoms with Gasteiger partial charge in [0.25, 0.3) is 5.91 Å². The number of Topliss-reactive ketones (excluding diaryl/α,β-unsaturated/α-hetero) is 1. The number of halogens is 9. The van der Waals surface area contributed by atoms with Crippen molar-refractivity contribution in [2.75, 3.05) is 45.8 Å². The molecule has 2 aliphatic heterocycles.